The van der Waals surface area contributed by atoms with E-state index in [4.69, 9.17) is 4.74 Å². The van der Waals surface area contributed by atoms with Crippen molar-refractivity contribution in [2.45, 2.75) is 0 Å². The summed E-state index contributed by atoms with van der Waals surface area (Å²) < 4.78 is 4.84. The van der Waals surface area contributed by atoms with Gasteiger partial charge < -0.3 is 10.1 Å². The fourth-order valence-corrected chi connectivity index (χ4v) is 1.48. The molecule has 10 heavy (non-hydrogen) atoms. The summed E-state index contributed by atoms with van der Waals surface area (Å²) in [7, 11) is 0. The van der Waals surface area contributed by atoms with Crippen LogP contribution in [0.5, 0.6) is 0 Å². The summed E-state index contributed by atoms with van der Waals surface area (Å²) in [5.41, 5.74) is 0. The van der Waals surface area contributed by atoms with Gasteiger partial charge in [-0.15, -0.1) is 12.4 Å². The molecule has 0 radical (unpaired) electrons. The molecule has 2 aliphatic heterocycles. The molecule has 3 nitrogen and oxygen atoms in total. The SMILES string of the molecule is Cl.O=C1OC[C@@H]2CNC[C@H]12. The third-order valence-electron chi connectivity index (χ3n) is 2.08. The van der Waals surface area contributed by atoms with Crippen LogP contribution in [0, 0.1) is 11.8 Å². The average molecular weight is 164 g/mol. The van der Waals surface area contributed by atoms with E-state index in [-0.39, 0.29) is 24.3 Å². The molecule has 0 unspecified atom stereocenters. The summed E-state index contributed by atoms with van der Waals surface area (Å²) in [5.74, 6) is 0.632. The Kier molecular flexibility index (Phi) is 2.16. The van der Waals surface area contributed by atoms with Gasteiger partial charge in [0, 0.05) is 19.0 Å². The molecule has 0 bridgehead atoms. The van der Waals surface area contributed by atoms with E-state index in [1.807, 2.05) is 0 Å². The fraction of sp³-hybridized carbons (Fsp3) is 0.833. The average Bonchev–Trinajstić information content (AvgIpc) is 2.35. The number of fused-ring (bicyclic) bond motifs is 1. The summed E-state index contributed by atoms with van der Waals surface area (Å²) in [6.07, 6.45) is 0. The zero-order valence-corrected chi connectivity index (χ0v) is 6.32. The molecule has 0 aromatic heterocycles. The second-order valence-corrected chi connectivity index (χ2v) is 2.65. The Bertz CT molecular complexity index is 151. The summed E-state index contributed by atoms with van der Waals surface area (Å²) in [4.78, 5) is 10.8. The van der Waals surface area contributed by atoms with Crippen LogP contribution in [-0.2, 0) is 9.53 Å². The molecule has 2 heterocycles. The van der Waals surface area contributed by atoms with Gasteiger partial charge in [0.25, 0.3) is 0 Å². The monoisotopic (exact) mass is 163 g/mol. The smallest absolute Gasteiger partial charge is 0.310 e. The molecular formula is C6H10ClNO2. The first kappa shape index (κ1) is 7.82. The maximum atomic E-state index is 10.8. The highest BCUT2D eigenvalue weighted by atomic mass is 35.5. The van der Waals surface area contributed by atoms with E-state index in [1.165, 1.54) is 0 Å². The molecule has 2 aliphatic rings. The van der Waals surface area contributed by atoms with Gasteiger partial charge >= 0.3 is 5.97 Å². The maximum absolute atomic E-state index is 10.8. The zero-order valence-electron chi connectivity index (χ0n) is 5.50. The van der Waals surface area contributed by atoms with Crippen molar-refractivity contribution in [1.82, 2.24) is 5.32 Å². The van der Waals surface area contributed by atoms with Crippen molar-refractivity contribution in [3.8, 4) is 0 Å². The molecule has 0 amide bonds. The molecule has 1 N–H and O–H groups in total. The third kappa shape index (κ3) is 0.995. The number of carbonyl (C=O) groups is 1. The van der Waals surface area contributed by atoms with Gasteiger partial charge in [0.2, 0.25) is 0 Å². The van der Waals surface area contributed by atoms with Crippen molar-refractivity contribution in [2.24, 2.45) is 11.8 Å². The minimum atomic E-state index is -0.00926. The van der Waals surface area contributed by atoms with Crippen LogP contribution >= 0.6 is 12.4 Å². The van der Waals surface area contributed by atoms with Crippen LogP contribution in [0.1, 0.15) is 0 Å². The van der Waals surface area contributed by atoms with Crippen LogP contribution in [0.25, 0.3) is 0 Å². The predicted octanol–water partition coefficient (Wildman–Crippen LogP) is -0.199. The van der Waals surface area contributed by atoms with Crippen LogP contribution in [0.3, 0.4) is 0 Å². The van der Waals surface area contributed by atoms with Gasteiger partial charge in [0.1, 0.15) is 0 Å². The van der Waals surface area contributed by atoms with E-state index in [0.717, 1.165) is 13.1 Å². The lowest BCUT2D eigenvalue weighted by Gasteiger charge is -1.96. The largest absolute Gasteiger partial charge is 0.465 e. The van der Waals surface area contributed by atoms with Gasteiger partial charge in [0.15, 0.2) is 0 Å². The fourth-order valence-electron chi connectivity index (χ4n) is 1.48. The Morgan fingerprint density at radius 3 is 3.00 bits per heavy atom. The Hall–Kier alpha value is -0.280. The van der Waals surface area contributed by atoms with E-state index in [9.17, 15) is 4.79 Å². The first-order chi connectivity index (χ1) is 4.38. The number of rotatable bonds is 0. The molecule has 4 heteroatoms. The number of carbonyl (C=O) groups excluding carboxylic acids is 1. The molecule has 58 valence electrons. The van der Waals surface area contributed by atoms with E-state index < -0.39 is 0 Å². The van der Waals surface area contributed by atoms with Crippen LogP contribution in [0.15, 0.2) is 0 Å². The molecule has 2 rings (SSSR count). The Labute approximate surface area is 65.5 Å². The zero-order chi connectivity index (χ0) is 6.27. The molecule has 0 aromatic rings. The molecule has 0 aliphatic carbocycles. The standard InChI is InChI=1S/C6H9NO2.ClH/c8-6-5-2-7-1-4(5)3-9-6;/h4-5,7H,1-3H2;1H/t4-,5-;/m0./s1. The predicted molar refractivity (Wildman–Crippen MR) is 38.1 cm³/mol. The number of esters is 1. The highest BCUT2D eigenvalue weighted by Crippen LogP contribution is 2.24. The minimum Gasteiger partial charge on any atom is -0.465 e. The van der Waals surface area contributed by atoms with Gasteiger partial charge in [0.05, 0.1) is 12.5 Å². The molecule has 0 aromatic carbocycles. The summed E-state index contributed by atoms with van der Waals surface area (Å²) >= 11 is 0. The van der Waals surface area contributed by atoms with E-state index >= 15 is 0 Å². The van der Waals surface area contributed by atoms with Gasteiger partial charge in [-0.3, -0.25) is 4.79 Å². The number of hydrogen-bond donors (Lipinski definition) is 1. The van der Waals surface area contributed by atoms with Crippen LogP contribution in [0.2, 0.25) is 0 Å². The van der Waals surface area contributed by atoms with Crippen LogP contribution in [-0.4, -0.2) is 25.7 Å². The van der Waals surface area contributed by atoms with Gasteiger partial charge in [-0.25, -0.2) is 0 Å². The maximum Gasteiger partial charge on any atom is 0.310 e. The van der Waals surface area contributed by atoms with Gasteiger partial charge in [-0.1, -0.05) is 0 Å². The molecule has 0 saturated carbocycles. The number of hydrogen-bond acceptors (Lipinski definition) is 3. The molecule has 2 atom stereocenters. The summed E-state index contributed by atoms with van der Waals surface area (Å²) in [5, 5.41) is 3.15. The van der Waals surface area contributed by atoms with Crippen molar-refractivity contribution in [3.63, 3.8) is 0 Å². The summed E-state index contributed by atoms with van der Waals surface area (Å²) in [6, 6.07) is 0. The van der Waals surface area contributed by atoms with Gasteiger partial charge in [-0.2, -0.15) is 0 Å². The minimum absolute atomic E-state index is 0. The normalized spacial score (nSPS) is 36.6. The Morgan fingerprint density at radius 2 is 2.30 bits per heavy atom. The Morgan fingerprint density at radius 1 is 1.50 bits per heavy atom. The van der Waals surface area contributed by atoms with Crippen molar-refractivity contribution in [1.29, 1.82) is 0 Å². The quantitative estimate of drug-likeness (QED) is 0.503. The van der Waals surface area contributed by atoms with Crippen molar-refractivity contribution < 1.29 is 9.53 Å². The lowest BCUT2D eigenvalue weighted by Crippen LogP contribution is -2.15. The van der Waals surface area contributed by atoms with E-state index in [0.29, 0.717) is 12.5 Å². The van der Waals surface area contributed by atoms with Crippen LogP contribution in [0.4, 0.5) is 0 Å². The lowest BCUT2D eigenvalue weighted by molar-refractivity contribution is -0.141. The second-order valence-electron chi connectivity index (χ2n) is 2.65. The van der Waals surface area contributed by atoms with E-state index in [1.54, 1.807) is 0 Å². The van der Waals surface area contributed by atoms with E-state index in [2.05, 4.69) is 5.32 Å². The lowest BCUT2D eigenvalue weighted by atomic mass is 10.0. The highest BCUT2D eigenvalue weighted by Gasteiger charge is 2.39. The number of ether oxygens (including phenoxy) is 1. The van der Waals surface area contributed by atoms with Crippen molar-refractivity contribution in [2.75, 3.05) is 19.7 Å². The molecule has 0 spiro atoms. The van der Waals surface area contributed by atoms with Gasteiger partial charge in [-0.05, 0) is 0 Å². The first-order valence-electron chi connectivity index (χ1n) is 3.25. The molecule has 2 saturated heterocycles. The van der Waals surface area contributed by atoms with Crippen molar-refractivity contribution >= 4 is 18.4 Å². The van der Waals surface area contributed by atoms with Crippen molar-refractivity contribution in [3.05, 3.63) is 0 Å². The molecular weight excluding hydrogens is 154 g/mol. The molecule has 2 fully saturated rings. The summed E-state index contributed by atoms with van der Waals surface area (Å²) in [6.45, 7) is 2.41. The second kappa shape index (κ2) is 2.76. The topological polar surface area (TPSA) is 38.3 Å². The van der Waals surface area contributed by atoms with Crippen LogP contribution < -0.4 is 5.32 Å². The number of nitrogens with one attached hydrogen (secondary N) is 1. The first-order valence-corrected chi connectivity index (χ1v) is 3.25. The number of cyclic esters (lactones) is 1. The highest BCUT2D eigenvalue weighted by molar-refractivity contribution is 5.85. The number of halogens is 1. The third-order valence-corrected chi connectivity index (χ3v) is 2.08. The Balaban J connectivity index is 0.000000500.